The molecule has 0 fully saturated rings. The highest BCUT2D eigenvalue weighted by Gasteiger charge is 2.14. The van der Waals surface area contributed by atoms with Gasteiger partial charge < -0.3 is 0 Å². The standard InChI is InChI=1S/C33H21N3/c1-2-8-25-20-26(13-12-22(25)6-1)31-21-32(36-33(35-31)24-16-18-34-19-17-24)30-11-5-10-28-27-9-4-3-7-23(27)14-15-29(28)30/h1-21H. The Kier molecular flexibility index (Phi) is 4.78. The first-order chi connectivity index (χ1) is 17.8. The fourth-order valence-electron chi connectivity index (χ4n) is 4.98. The van der Waals surface area contributed by atoms with Crippen molar-refractivity contribution in [3.8, 4) is 33.9 Å². The smallest absolute Gasteiger partial charge is 0.160 e. The van der Waals surface area contributed by atoms with Gasteiger partial charge in [-0.05, 0) is 56.6 Å². The lowest BCUT2D eigenvalue weighted by Crippen LogP contribution is -1.96. The van der Waals surface area contributed by atoms with E-state index in [-0.39, 0.29) is 0 Å². The molecule has 5 aromatic carbocycles. The summed E-state index contributed by atoms with van der Waals surface area (Å²) >= 11 is 0. The van der Waals surface area contributed by atoms with Crippen molar-refractivity contribution in [1.82, 2.24) is 15.0 Å². The zero-order valence-corrected chi connectivity index (χ0v) is 19.5. The van der Waals surface area contributed by atoms with Crippen molar-refractivity contribution in [2.45, 2.75) is 0 Å². The third kappa shape index (κ3) is 3.50. The summed E-state index contributed by atoms with van der Waals surface area (Å²) in [5.41, 5.74) is 4.91. The summed E-state index contributed by atoms with van der Waals surface area (Å²) in [6.45, 7) is 0. The van der Waals surface area contributed by atoms with Gasteiger partial charge >= 0.3 is 0 Å². The van der Waals surface area contributed by atoms with E-state index in [0.29, 0.717) is 5.82 Å². The first kappa shape index (κ1) is 20.5. The summed E-state index contributed by atoms with van der Waals surface area (Å²) in [4.78, 5) is 14.2. The minimum Gasteiger partial charge on any atom is -0.265 e. The maximum atomic E-state index is 5.05. The van der Waals surface area contributed by atoms with Crippen molar-refractivity contribution in [3.63, 3.8) is 0 Å². The van der Waals surface area contributed by atoms with Crippen molar-refractivity contribution in [2.24, 2.45) is 0 Å². The lowest BCUT2D eigenvalue weighted by Gasteiger charge is -2.12. The molecule has 0 aliphatic carbocycles. The predicted molar refractivity (Wildman–Crippen MR) is 149 cm³/mol. The zero-order chi connectivity index (χ0) is 23.9. The predicted octanol–water partition coefficient (Wildman–Crippen LogP) is 8.33. The van der Waals surface area contributed by atoms with E-state index >= 15 is 0 Å². The van der Waals surface area contributed by atoms with E-state index in [1.807, 2.05) is 12.1 Å². The van der Waals surface area contributed by atoms with Crippen LogP contribution in [0.25, 0.3) is 66.2 Å². The zero-order valence-electron chi connectivity index (χ0n) is 19.5. The van der Waals surface area contributed by atoms with E-state index in [1.54, 1.807) is 12.4 Å². The summed E-state index contributed by atoms with van der Waals surface area (Å²) in [6.07, 6.45) is 3.57. The normalized spacial score (nSPS) is 11.3. The molecule has 2 aromatic heterocycles. The lowest BCUT2D eigenvalue weighted by atomic mass is 9.96. The highest BCUT2D eigenvalue weighted by molar-refractivity contribution is 6.11. The third-order valence-electron chi connectivity index (χ3n) is 6.77. The van der Waals surface area contributed by atoms with Crippen LogP contribution in [0, 0.1) is 0 Å². The quantitative estimate of drug-likeness (QED) is 0.249. The minimum absolute atomic E-state index is 0.691. The topological polar surface area (TPSA) is 38.7 Å². The monoisotopic (exact) mass is 459 g/mol. The third-order valence-corrected chi connectivity index (χ3v) is 6.77. The number of rotatable bonds is 3. The second-order valence-corrected chi connectivity index (χ2v) is 8.95. The summed E-state index contributed by atoms with van der Waals surface area (Å²) in [5, 5.41) is 7.29. The molecule has 0 amide bonds. The summed E-state index contributed by atoms with van der Waals surface area (Å²) in [6, 6.07) is 40.3. The maximum Gasteiger partial charge on any atom is 0.160 e. The van der Waals surface area contributed by atoms with Gasteiger partial charge in [0.2, 0.25) is 0 Å². The van der Waals surface area contributed by atoms with Crippen molar-refractivity contribution < 1.29 is 0 Å². The summed E-state index contributed by atoms with van der Waals surface area (Å²) < 4.78 is 0. The van der Waals surface area contributed by atoms with Crippen LogP contribution in [-0.2, 0) is 0 Å². The molecule has 0 bridgehead atoms. The van der Waals surface area contributed by atoms with Crippen LogP contribution in [0.2, 0.25) is 0 Å². The fourth-order valence-corrected chi connectivity index (χ4v) is 4.98. The number of nitrogens with zero attached hydrogens (tertiary/aromatic N) is 3. The Balaban J connectivity index is 1.49. The van der Waals surface area contributed by atoms with Crippen LogP contribution in [0.5, 0.6) is 0 Å². The van der Waals surface area contributed by atoms with Crippen LogP contribution in [-0.4, -0.2) is 15.0 Å². The van der Waals surface area contributed by atoms with Crippen molar-refractivity contribution >= 4 is 32.3 Å². The van der Waals surface area contributed by atoms with Crippen LogP contribution in [0.4, 0.5) is 0 Å². The molecule has 0 spiro atoms. The molecule has 0 saturated heterocycles. The van der Waals surface area contributed by atoms with Gasteiger partial charge in [0.15, 0.2) is 5.82 Å². The molecule has 0 atom stereocenters. The fraction of sp³-hybridized carbons (Fsp3) is 0. The molecule has 0 saturated carbocycles. The molecular weight excluding hydrogens is 438 g/mol. The number of hydrogen-bond donors (Lipinski definition) is 0. The Morgan fingerprint density at radius 3 is 2.03 bits per heavy atom. The highest BCUT2D eigenvalue weighted by atomic mass is 14.9. The van der Waals surface area contributed by atoms with Gasteiger partial charge in [-0.2, -0.15) is 0 Å². The largest absolute Gasteiger partial charge is 0.265 e. The SMILES string of the molecule is c1ccc2cc(-c3cc(-c4cccc5c4ccc4ccccc45)nc(-c4ccncc4)n3)ccc2c1. The van der Waals surface area contributed by atoms with E-state index in [2.05, 4.69) is 108 Å². The van der Waals surface area contributed by atoms with E-state index < -0.39 is 0 Å². The average Bonchev–Trinajstić information content (AvgIpc) is 2.96. The van der Waals surface area contributed by atoms with Crippen molar-refractivity contribution in [3.05, 3.63) is 128 Å². The number of fused-ring (bicyclic) bond motifs is 4. The Morgan fingerprint density at radius 2 is 1.14 bits per heavy atom. The van der Waals surface area contributed by atoms with Crippen molar-refractivity contribution in [2.75, 3.05) is 0 Å². The van der Waals surface area contributed by atoms with Gasteiger partial charge in [-0.1, -0.05) is 91.0 Å². The van der Waals surface area contributed by atoms with Gasteiger partial charge in [-0.3, -0.25) is 4.98 Å². The minimum atomic E-state index is 0.691. The molecule has 7 aromatic rings. The van der Waals surface area contributed by atoms with Crippen LogP contribution in [0.15, 0.2) is 128 Å². The van der Waals surface area contributed by atoms with Crippen LogP contribution in [0.1, 0.15) is 0 Å². The molecule has 3 nitrogen and oxygen atoms in total. The van der Waals surface area contributed by atoms with Crippen LogP contribution < -0.4 is 0 Å². The molecule has 36 heavy (non-hydrogen) atoms. The molecule has 2 heterocycles. The maximum absolute atomic E-state index is 5.05. The Labute approximate surface area is 208 Å². The van der Waals surface area contributed by atoms with Crippen molar-refractivity contribution in [1.29, 1.82) is 0 Å². The van der Waals surface area contributed by atoms with Gasteiger partial charge in [0.1, 0.15) is 0 Å². The van der Waals surface area contributed by atoms with Gasteiger partial charge in [0, 0.05) is 29.1 Å². The first-order valence-electron chi connectivity index (χ1n) is 12.0. The van der Waals surface area contributed by atoms with E-state index in [9.17, 15) is 0 Å². The first-order valence-corrected chi connectivity index (χ1v) is 12.0. The molecular formula is C33H21N3. The molecule has 168 valence electrons. The number of hydrogen-bond acceptors (Lipinski definition) is 3. The average molecular weight is 460 g/mol. The van der Waals surface area contributed by atoms with Gasteiger partial charge in [0.25, 0.3) is 0 Å². The number of pyridine rings is 1. The molecule has 7 rings (SSSR count). The summed E-state index contributed by atoms with van der Waals surface area (Å²) in [7, 11) is 0. The number of benzene rings is 5. The van der Waals surface area contributed by atoms with E-state index in [0.717, 1.165) is 28.1 Å². The molecule has 0 aliphatic heterocycles. The summed E-state index contributed by atoms with van der Waals surface area (Å²) in [5.74, 6) is 0.691. The van der Waals surface area contributed by atoms with E-state index in [4.69, 9.17) is 9.97 Å². The van der Waals surface area contributed by atoms with E-state index in [1.165, 1.54) is 32.3 Å². The molecule has 0 radical (unpaired) electrons. The molecule has 0 aliphatic rings. The number of aromatic nitrogens is 3. The second kappa shape index (κ2) is 8.40. The Morgan fingerprint density at radius 1 is 0.417 bits per heavy atom. The van der Waals surface area contributed by atoms with Gasteiger partial charge in [0.05, 0.1) is 11.4 Å². The molecule has 3 heteroatoms. The van der Waals surface area contributed by atoms with Gasteiger partial charge in [-0.25, -0.2) is 9.97 Å². The Hall–Kier alpha value is -4.89. The van der Waals surface area contributed by atoms with Crippen LogP contribution >= 0.6 is 0 Å². The van der Waals surface area contributed by atoms with Gasteiger partial charge in [-0.15, -0.1) is 0 Å². The highest BCUT2D eigenvalue weighted by Crippen LogP contribution is 2.35. The molecule has 0 N–H and O–H groups in total. The molecule has 0 unspecified atom stereocenters. The van der Waals surface area contributed by atoms with Crippen LogP contribution in [0.3, 0.4) is 0 Å². The Bertz CT molecular complexity index is 1890. The lowest BCUT2D eigenvalue weighted by molar-refractivity contribution is 1.18. The second-order valence-electron chi connectivity index (χ2n) is 8.95.